The lowest BCUT2D eigenvalue weighted by molar-refractivity contribution is 0.150. The molecule has 0 radical (unpaired) electrons. The van der Waals surface area contributed by atoms with E-state index in [-0.39, 0.29) is 11.6 Å². The van der Waals surface area contributed by atoms with Crippen molar-refractivity contribution in [3.63, 3.8) is 0 Å². The number of piperidine rings is 1. The number of rotatable bonds is 0. The van der Waals surface area contributed by atoms with Gasteiger partial charge in [-0.05, 0) is 32.1 Å². The number of carbonyl (C=O) groups excluding carboxylic acids is 1. The van der Waals surface area contributed by atoms with Crippen LogP contribution in [0.3, 0.4) is 0 Å². The summed E-state index contributed by atoms with van der Waals surface area (Å²) in [5.41, 5.74) is 5.36. The molecule has 11 heavy (non-hydrogen) atoms. The highest BCUT2D eigenvalue weighted by Crippen LogP contribution is 2.45. The average molecular weight is 154 g/mol. The van der Waals surface area contributed by atoms with E-state index >= 15 is 0 Å². The minimum Gasteiger partial charge on any atom is -0.351 e. The maximum absolute atomic E-state index is 10.9. The van der Waals surface area contributed by atoms with Crippen molar-refractivity contribution in [3.05, 3.63) is 0 Å². The summed E-state index contributed by atoms with van der Waals surface area (Å²) in [5, 5.41) is 0. The molecule has 1 saturated heterocycles. The first-order chi connectivity index (χ1) is 5.12. The third-order valence-corrected chi connectivity index (χ3v) is 3.18. The van der Waals surface area contributed by atoms with Crippen LogP contribution >= 0.6 is 0 Å². The highest BCUT2D eigenvalue weighted by Gasteiger charge is 2.48. The summed E-state index contributed by atoms with van der Waals surface area (Å²) in [4.78, 5) is 12.8. The molecule has 1 heterocycles. The minimum absolute atomic E-state index is 0.108. The zero-order valence-corrected chi connectivity index (χ0v) is 6.84. The Morgan fingerprint density at radius 1 is 1.73 bits per heavy atom. The lowest BCUT2D eigenvalue weighted by Gasteiger charge is -2.34. The molecule has 3 heteroatoms. The van der Waals surface area contributed by atoms with Crippen molar-refractivity contribution in [2.75, 3.05) is 6.54 Å². The Hall–Kier alpha value is -0.730. The molecule has 1 saturated carbocycles. The first kappa shape index (κ1) is 6.95. The summed E-state index contributed by atoms with van der Waals surface area (Å²) < 4.78 is 0. The SMILES string of the molecule is CC12CCC(CN1C(N)=O)C2. The van der Waals surface area contributed by atoms with Gasteiger partial charge in [0.2, 0.25) is 0 Å². The molecule has 3 nitrogen and oxygen atoms in total. The summed E-state index contributed by atoms with van der Waals surface area (Å²) in [7, 11) is 0. The van der Waals surface area contributed by atoms with Crippen LogP contribution in [0.25, 0.3) is 0 Å². The van der Waals surface area contributed by atoms with Gasteiger partial charge in [0.1, 0.15) is 0 Å². The van der Waals surface area contributed by atoms with Gasteiger partial charge in [0.25, 0.3) is 0 Å². The van der Waals surface area contributed by atoms with E-state index in [0.717, 1.165) is 25.3 Å². The second-order valence-electron chi connectivity index (χ2n) is 4.05. The van der Waals surface area contributed by atoms with Crippen LogP contribution in [0, 0.1) is 5.92 Å². The van der Waals surface area contributed by atoms with Crippen LogP contribution < -0.4 is 5.73 Å². The molecule has 2 aliphatic rings. The van der Waals surface area contributed by atoms with E-state index in [1.54, 1.807) is 0 Å². The summed E-state index contributed by atoms with van der Waals surface area (Å²) in [6, 6.07) is -0.241. The van der Waals surface area contributed by atoms with Crippen LogP contribution in [0.5, 0.6) is 0 Å². The van der Waals surface area contributed by atoms with Gasteiger partial charge in [-0.25, -0.2) is 4.79 Å². The van der Waals surface area contributed by atoms with Crippen LogP contribution in [-0.2, 0) is 0 Å². The summed E-state index contributed by atoms with van der Waals surface area (Å²) in [6.45, 7) is 3.04. The zero-order valence-electron chi connectivity index (χ0n) is 6.84. The number of carbonyl (C=O) groups is 1. The van der Waals surface area contributed by atoms with Gasteiger partial charge in [-0.3, -0.25) is 0 Å². The van der Waals surface area contributed by atoms with Gasteiger partial charge in [-0.1, -0.05) is 0 Å². The third kappa shape index (κ3) is 0.832. The topological polar surface area (TPSA) is 46.3 Å². The Kier molecular flexibility index (Phi) is 1.20. The predicted octanol–water partition coefficient (Wildman–Crippen LogP) is 0.940. The van der Waals surface area contributed by atoms with Gasteiger partial charge in [0, 0.05) is 12.1 Å². The zero-order chi connectivity index (χ0) is 8.06. The van der Waals surface area contributed by atoms with E-state index in [9.17, 15) is 4.79 Å². The van der Waals surface area contributed by atoms with E-state index < -0.39 is 0 Å². The first-order valence-electron chi connectivity index (χ1n) is 4.19. The van der Waals surface area contributed by atoms with Crippen molar-refractivity contribution in [1.82, 2.24) is 4.90 Å². The number of urea groups is 1. The standard InChI is InChI=1S/C8H14N2O/c1-8-3-2-6(4-8)5-10(8)7(9)11/h6H,2-5H2,1H3,(H2,9,11). The Morgan fingerprint density at radius 2 is 2.45 bits per heavy atom. The maximum atomic E-state index is 10.9. The van der Waals surface area contributed by atoms with Crippen molar-refractivity contribution in [1.29, 1.82) is 0 Å². The molecule has 1 aliphatic carbocycles. The van der Waals surface area contributed by atoms with E-state index in [4.69, 9.17) is 5.73 Å². The van der Waals surface area contributed by atoms with Gasteiger partial charge in [-0.2, -0.15) is 0 Å². The van der Waals surface area contributed by atoms with Crippen LogP contribution in [0.15, 0.2) is 0 Å². The third-order valence-electron chi connectivity index (χ3n) is 3.18. The number of fused-ring (bicyclic) bond motifs is 2. The molecule has 2 rings (SSSR count). The molecule has 0 spiro atoms. The number of nitrogens with two attached hydrogens (primary N) is 1. The number of nitrogens with zero attached hydrogens (tertiary/aromatic N) is 1. The molecule has 2 N–H and O–H groups in total. The molecular formula is C8H14N2O. The molecule has 2 bridgehead atoms. The lowest BCUT2D eigenvalue weighted by atomic mass is 10.0. The van der Waals surface area contributed by atoms with Gasteiger partial charge in [-0.15, -0.1) is 0 Å². The fraction of sp³-hybridized carbons (Fsp3) is 0.875. The Bertz CT molecular complexity index is 204. The molecule has 2 unspecified atom stereocenters. The highest BCUT2D eigenvalue weighted by atomic mass is 16.2. The normalized spacial score (nSPS) is 41.5. The maximum Gasteiger partial charge on any atom is 0.315 e. The summed E-state index contributed by atoms with van der Waals surface area (Å²) in [6.07, 6.45) is 3.58. The highest BCUT2D eigenvalue weighted by molar-refractivity contribution is 5.73. The van der Waals surface area contributed by atoms with Crippen LogP contribution in [0.1, 0.15) is 26.2 Å². The second-order valence-corrected chi connectivity index (χ2v) is 4.05. The Labute approximate surface area is 66.5 Å². The van der Waals surface area contributed by atoms with Crippen molar-refractivity contribution >= 4 is 6.03 Å². The van der Waals surface area contributed by atoms with E-state index in [2.05, 4.69) is 6.92 Å². The smallest absolute Gasteiger partial charge is 0.315 e. The molecule has 62 valence electrons. The van der Waals surface area contributed by atoms with Gasteiger partial charge >= 0.3 is 6.03 Å². The monoisotopic (exact) mass is 154 g/mol. The van der Waals surface area contributed by atoms with Gasteiger partial charge < -0.3 is 10.6 Å². The van der Waals surface area contributed by atoms with E-state index in [1.165, 1.54) is 6.42 Å². The molecule has 0 aromatic heterocycles. The number of hydrogen-bond donors (Lipinski definition) is 1. The van der Waals surface area contributed by atoms with E-state index in [0.29, 0.717) is 0 Å². The fourth-order valence-corrected chi connectivity index (χ4v) is 2.58. The van der Waals surface area contributed by atoms with Crippen LogP contribution in [0.2, 0.25) is 0 Å². The number of amides is 2. The molecule has 0 aromatic carbocycles. The largest absolute Gasteiger partial charge is 0.351 e. The van der Waals surface area contributed by atoms with E-state index in [1.807, 2.05) is 4.90 Å². The number of hydrogen-bond acceptors (Lipinski definition) is 1. The molecule has 2 fully saturated rings. The average Bonchev–Trinajstić information content (AvgIpc) is 2.41. The van der Waals surface area contributed by atoms with Crippen molar-refractivity contribution < 1.29 is 4.79 Å². The molecule has 2 atom stereocenters. The van der Waals surface area contributed by atoms with Gasteiger partial charge in [0.15, 0.2) is 0 Å². The predicted molar refractivity (Wildman–Crippen MR) is 42.0 cm³/mol. The van der Waals surface area contributed by atoms with Gasteiger partial charge in [0.05, 0.1) is 0 Å². The van der Waals surface area contributed by atoms with Crippen molar-refractivity contribution in [2.45, 2.75) is 31.7 Å². The first-order valence-corrected chi connectivity index (χ1v) is 4.19. The summed E-state index contributed by atoms with van der Waals surface area (Å²) in [5.74, 6) is 0.729. The Balaban J connectivity index is 2.21. The number of primary amides is 1. The molecular weight excluding hydrogens is 140 g/mol. The number of likely N-dealkylation sites (tertiary alicyclic amines) is 1. The summed E-state index contributed by atoms with van der Waals surface area (Å²) >= 11 is 0. The second kappa shape index (κ2) is 1.90. The molecule has 1 aliphatic heterocycles. The van der Waals surface area contributed by atoms with Crippen LogP contribution in [-0.4, -0.2) is 23.0 Å². The van der Waals surface area contributed by atoms with Crippen molar-refractivity contribution in [2.24, 2.45) is 11.7 Å². The lowest BCUT2D eigenvalue weighted by Crippen LogP contribution is -2.48. The fourth-order valence-electron chi connectivity index (χ4n) is 2.58. The molecule has 0 aromatic rings. The Morgan fingerprint density at radius 3 is 2.73 bits per heavy atom. The van der Waals surface area contributed by atoms with Crippen molar-refractivity contribution in [3.8, 4) is 0 Å². The minimum atomic E-state index is -0.241. The van der Waals surface area contributed by atoms with Crippen LogP contribution in [0.4, 0.5) is 4.79 Å². The quantitative estimate of drug-likeness (QED) is 0.554. The molecule has 2 amide bonds.